The predicted octanol–water partition coefficient (Wildman–Crippen LogP) is 1.86. The van der Waals surface area contributed by atoms with Crippen molar-refractivity contribution in [2.24, 2.45) is 0 Å². The van der Waals surface area contributed by atoms with Gasteiger partial charge in [-0.3, -0.25) is 4.68 Å². The fourth-order valence-electron chi connectivity index (χ4n) is 2.42. The highest BCUT2D eigenvalue weighted by atomic mass is 16.3. The van der Waals surface area contributed by atoms with Crippen LogP contribution >= 0.6 is 0 Å². The van der Waals surface area contributed by atoms with E-state index in [1.807, 2.05) is 0 Å². The van der Waals surface area contributed by atoms with Crippen molar-refractivity contribution in [3.05, 3.63) is 18.0 Å². The fourth-order valence-corrected chi connectivity index (χ4v) is 2.42. The Kier molecular flexibility index (Phi) is 4.57. The maximum atomic E-state index is 8.82. The van der Waals surface area contributed by atoms with Crippen LogP contribution in [0.4, 0.5) is 0 Å². The van der Waals surface area contributed by atoms with E-state index < -0.39 is 0 Å². The quantitative estimate of drug-likeness (QED) is 0.794. The molecule has 0 amide bonds. The summed E-state index contributed by atoms with van der Waals surface area (Å²) in [6.07, 6.45) is 8.12. The smallest absolute Gasteiger partial charge is 0.0762 e. The predicted molar refractivity (Wildman–Crippen MR) is 67.7 cm³/mol. The van der Waals surface area contributed by atoms with E-state index in [1.165, 1.54) is 25.7 Å². The van der Waals surface area contributed by atoms with Gasteiger partial charge in [0.15, 0.2) is 0 Å². The van der Waals surface area contributed by atoms with E-state index in [4.69, 9.17) is 5.11 Å². The van der Waals surface area contributed by atoms with Gasteiger partial charge in [-0.1, -0.05) is 12.8 Å². The van der Waals surface area contributed by atoms with Crippen LogP contribution in [0, 0.1) is 0 Å². The highest BCUT2D eigenvalue weighted by molar-refractivity contribution is 5.00. The monoisotopic (exact) mass is 237 g/mol. The summed E-state index contributed by atoms with van der Waals surface area (Å²) in [7, 11) is 0. The minimum atomic E-state index is 0.241. The first-order chi connectivity index (χ1) is 8.29. The van der Waals surface area contributed by atoms with Gasteiger partial charge in [0.25, 0.3) is 0 Å². The maximum Gasteiger partial charge on any atom is 0.0762 e. The molecule has 0 radical (unpaired) electrons. The topological polar surface area (TPSA) is 50.1 Å². The van der Waals surface area contributed by atoms with Gasteiger partial charge in [0.05, 0.1) is 11.7 Å². The normalized spacial score (nSPS) is 18.7. The minimum absolute atomic E-state index is 0.241. The number of rotatable bonds is 6. The molecule has 0 bridgehead atoms. The van der Waals surface area contributed by atoms with Crippen molar-refractivity contribution in [2.45, 2.75) is 57.7 Å². The van der Waals surface area contributed by atoms with Gasteiger partial charge < -0.3 is 10.4 Å². The van der Waals surface area contributed by atoms with Gasteiger partial charge in [0, 0.05) is 25.4 Å². The van der Waals surface area contributed by atoms with E-state index in [-0.39, 0.29) is 6.61 Å². The Morgan fingerprint density at radius 2 is 2.29 bits per heavy atom. The van der Waals surface area contributed by atoms with Crippen LogP contribution in [0.3, 0.4) is 0 Å². The number of nitrogens with zero attached hydrogens (tertiary/aromatic N) is 2. The zero-order chi connectivity index (χ0) is 12.1. The SMILES string of the molecule is CC(CCO)NCc1ccn(C2CCCC2)n1. The van der Waals surface area contributed by atoms with Crippen molar-refractivity contribution < 1.29 is 5.11 Å². The third-order valence-electron chi connectivity index (χ3n) is 3.56. The molecule has 96 valence electrons. The molecule has 1 atom stereocenters. The molecule has 1 unspecified atom stereocenters. The van der Waals surface area contributed by atoms with Crippen molar-refractivity contribution in [3.8, 4) is 0 Å². The Balaban J connectivity index is 1.81. The first-order valence-electron chi connectivity index (χ1n) is 6.68. The average molecular weight is 237 g/mol. The number of aromatic nitrogens is 2. The number of aliphatic hydroxyl groups is 1. The van der Waals surface area contributed by atoms with Gasteiger partial charge in [-0.2, -0.15) is 5.10 Å². The number of hydrogen-bond acceptors (Lipinski definition) is 3. The molecule has 1 saturated carbocycles. The lowest BCUT2D eigenvalue weighted by molar-refractivity contribution is 0.268. The molecule has 4 nitrogen and oxygen atoms in total. The second-order valence-corrected chi connectivity index (χ2v) is 5.02. The molecule has 0 spiro atoms. The zero-order valence-electron chi connectivity index (χ0n) is 10.6. The van der Waals surface area contributed by atoms with Crippen molar-refractivity contribution >= 4 is 0 Å². The van der Waals surface area contributed by atoms with Gasteiger partial charge in [-0.15, -0.1) is 0 Å². The molecule has 0 aromatic carbocycles. The average Bonchev–Trinajstić information content (AvgIpc) is 2.97. The summed E-state index contributed by atoms with van der Waals surface area (Å²) in [5.41, 5.74) is 1.10. The number of aliphatic hydroxyl groups excluding tert-OH is 1. The summed E-state index contributed by atoms with van der Waals surface area (Å²) in [5, 5.41) is 16.8. The van der Waals surface area contributed by atoms with Crippen LogP contribution in [0.1, 0.15) is 50.8 Å². The van der Waals surface area contributed by atoms with Gasteiger partial charge in [-0.25, -0.2) is 0 Å². The lowest BCUT2D eigenvalue weighted by Crippen LogP contribution is -2.26. The number of nitrogens with one attached hydrogen (secondary N) is 1. The molecule has 2 N–H and O–H groups in total. The molecule has 4 heteroatoms. The van der Waals surface area contributed by atoms with E-state index >= 15 is 0 Å². The third-order valence-corrected chi connectivity index (χ3v) is 3.56. The Hall–Kier alpha value is -0.870. The van der Waals surface area contributed by atoms with Gasteiger partial charge >= 0.3 is 0 Å². The van der Waals surface area contributed by atoms with E-state index in [9.17, 15) is 0 Å². The third kappa shape index (κ3) is 3.54. The summed E-state index contributed by atoms with van der Waals surface area (Å²) >= 11 is 0. The van der Waals surface area contributed by atoms with Gasteiger partial charge in [0.1, 0.15) is 0 Å². The Morgan fingerprint density at radius 1 is 1.53 bits per heavy atom. The van der Waals surface area contributed by atoms with Crippen molar-refractivity contribution in [2.75, 3.05) is 6.61 Å². The number of hydrogen-bond donors (Lipinski definition) is 2. The summed E-state index contributed by atoms with van der Waals surface area (Å²) in [5.74, 6) is 0. The highest BCUT2D eigenvalue weighted by Gasteiger charge is 2.17. The van der Waals surface area contributed by atoms with Crippen LogP contribution in [0.25, 0.3) is 0 Å². The Bertz CT molecular complexity index is 331. The van der Waals surface area contributed by atoms with Crippen LogP contribution in [-0.4, -0.2) is 27.5 Å². The lowest BCUT2D eigenvalue weighted by atomic mass is 10.2. The maximum absolute atomic E-state index is 8.82. The molecule has 1 fully saturated rings. The Morgan fingerprint density at radius 3 is 3.00 bits per heavy atom. The summed E-state index contributed by atoms with van der Waals surface area (Å²) in [6, 6.07) is 3.06. The zero-order valence-corrected chi connectivity index (χ0v) is 10.6. The Labute approximate surface area is 103 Å². The minimum Gasteiger partial charge on any atom is -0.396 e. The first kappa shape index (κ1) is 12.6. The summed E-state index contributed by atoms with van der Waals surface area (Å²) in [4.78, 5) is 0. The van der Waals surface area contributed by atoms with E-state index in [1.54, 1.807) is 0 Å². The van der Waals surface area contributed by atoms with Crippen LogP contribution in [0.2, 0.25) is 0 Å². The molecule has 1 aliphatic carbocycles. The molecule has 0 aliphatic heterocycles. The van der Waals surface area contributed by atoms with Crippen LogP contribution in [-0.2, 0) is 6.54 Å². The molecule has 2 rings (SSSR count). The van der Waals surface area contributed by atoms with Gasteiger partial charge in [0.2, 0.25) is 0 Å². The standard InChI is InChI=1S/C13H23N3O/c1-11(7-9-17)14-10-12-6-8-16(15-12)13-4-2-3-5-13/h6,8,11,13-14,17H,2-5,7,9-10H2,1H3. The van der Waals surface area contributed by atoms with Crippen molar-refractivity contribution in [1.29, 1.82) is 0 Å². The summed E-state index contributed by atoms with van der Waals surface area (Å²) < 4.78 is 2.13. The second-order valence-electron chi connectivity index (χ2n) is 5.02. The summed E-state index contributed by atoms with van der Waals surface area (Å²) in [6.45, 7) is 3.12. The van der Waals surface area contributed by atoms with Crippen molar-refractivity contribution in [1.82, 2.24) is 15.1 Å². The lowest BCUT2D eigenvalue weighted by Gasteiger charge is -2.11. The van der Waals surface area contributed by atoms with E-state index in [0.29, 0.717) is 12.1 Å². The molecule has 0 saturated heterocycles. The van der Waals surface area contributed by atoms with Crippen LogP contribution in [0.5, 0.6) is 0 Å². The first-order valence-corrected chi connectivity index (χ1v) is 6.68. The van der Waals surface area contributed by atoms with Crippen LogP contribution < -0.4 is 5.32 Å². The molecule has 1 aliphatic rings. The molecule has 1 aromatic rings. The van der Waals surface area contributed by atoms with E-state index in [2.05, 4.69) is 34.3 Å². The molecular formula is C13H23N3O. The van der Waals surface area contributed by atoms with Gasteiger partial charge in [-0.05, 0) is 32.3 Å². The molecule has 1 heterocycles. The highest BCUT2D eigenvalue weighted by Crippen LogP contribution is 2.28. The molecule has 1 aromatic heterocycles. The van der Waals surface area contributed by atoms with Crippen LogP contribution in [0.15, 0.2) is 12.3 Å². The largest absolute Gasteiger partial charge is 0.396 e. The second kappa shape index (κ2) is 6.17. The van der Waals surface area contributed by atoms with E-state index in [0.717, 1.165) is 18.7 Å². The van der Waals surface area contributed by atoms with Crippen molar-refractivity contribution in [3.63, 3.8) is 0 Å². The molecule has 17 heavy (non-hydrogen) atoms. The fraction of sp³-hybridized carbons (Fsp3) is 0.769. The molecular weight excluding hydrogens is 214 g/mol.